The summed E-state index contributed by atoms with van der Waals surface area (Å²) in [5.74, 6) is -0.473. The molecule has 1 saturated carbocycles. The molecule has 0 heterocycles. The van der Waals surface area contributed by atoms with Crippen LogP contribution in [-0.4, -0.2) is 48.0 Å². The fraction of sp³-hybridized carbons (Fsp3) is 0.375. The molecule has 5 rings (SSSR count). The first-order valence-electron chi connectivity index (χ1n) is 13.3. The Hall–Kier alpha value is -3.64. The van der Waals surface area contributed by atoms with E-state index in [0.29, 0.717) is 19.3 Å². The standard InChI is InChI=1S/C32H35NO5/c1-4-36-29(34)32(18-19-32)33(22-38-31(2,3)20-23-12-6-5-7-13-23)30(35)37-21-28-26-16-10-8-14-24(26)25-15-9-11-17-27(25)28/h5-17,28H,4,18-22H2,1-3H3. The van der Waals surface area contributed by atoms with Crippen molar-refractivity contribution < 1.29 is 23.8 Å². The third kappa shape index (κ3) is 5.18. The Balaban J connectivity index is 1.33. The van der Waals surface area contributed by atoms with E-state index in [2.05, 4.69) is 36.4 Å². The van der Waals surface area contributed by atoms with E-state index in [9.17, 15) is 9.59 Å². The zero-order chi connectivity index (χ0) is 26.8. The minimum Gasteiger partial charge on any atom is -0.464 e. The number of carbonyl (C=O) groups is 2. The summed E-state index contributed by atoms with van der Waals surface area (Å²) in [6.45, 7) is 6.11. The lowest BCUT2D eigenvalue weighted by Gasteiger charge is -2.34. The molecule has 0 saturated heterocycles. The molecular weight excluding hydrogens is 478 g/mol. The van der Waals surface area contributed by atoms with Crippen molar-refractivity contribution in [2.75, 3.05) is 19.9 Å². The van der Waals surface area contributed by atoms with Gasteiger partial charge in [0.05, 0.1) is 12.2 Å². The molecule has 0 atom stereocenters. The number of hydrogen-bond acceptors (Lipinski definition) is 5. The number of hydrogen-bond donors (Lipinski definition) is 0. The molecule has 1 amide bonds. The second kappa shape index (κ2) is 10.6. The number of ether oxygens (including phenoxy) is 3. The topological polar surface area (TPSA) is 65.1 Å². The Morgan fingerprint density at radius 2 is 1.45 bits per heavy atom. The van der Waals surface area contributed by atoms with Crippen LogP contribution < -0.4 is 0 Å². The van der Waals surface area contributed by atoms with Crippen LogP contribution in [-0.2, 0) is 25.4 Å². The third-order valence-electron chi connectivity index (χ3n) is 7.51. The van der Waals surface area contributed by atoms with Gasteiger partial charge in [0.15, 0.2) is 0 Å². The van der Waals surface area contributed by atoms with Gasteiger partial charge in [-0.25, -0.2) is 9.59 Å². The Morgan fingerprint density at radius 3 is 2.03 bits per heavy atom. The van der Waals surface area contributed by atoms with E-state index >= 15 is 0 Å². The lowest BCUT2D eigenvalue weighted by Crippen LogP contribution is -2.51. The molecule has 1 fully saturated rings. The van der Waals surface area contributed by atoms with Crippen molar-refractivity contribution >= 4 is 12.1 Å². The first kappa shape index (κ1) is 26.0. The molecule has 0 N–H and O–H groups in total. The van der Waals surface area contributed by atoms with Crippen LogP contribution in [0.25, 0.3) is 11.1 Å². The molecule has 2 aliphatic carbocycles. The normalized spacial score (nSPS) is 15.3. The van der Waals surface area contributed by atoms with Gasteiger partial charge in [0.1, 0.15) is 18.9 Å². The first-order chi connectivity index (χ1) is 18.3. The van der Waals surface area contributed by atoms with Crippen LogP contribution in [0.2, 0.25) is 0 Å². The molecule has 2 aliphatic rings. The fourth-order valence-electron chi connectivity index (χ4n) is 5.37. The molecule has 3 aromatic rings. The van der Waals surface area contributed by atoms with E-state index in [1.807, 2.05) is 56.3 Å². The third-order valence-corrected chi connectivity index (χ3v) is 7.51. The maximum absolute atomic E-state index is 13.6. The van der Waals surface area contributed by atoms with Crippen LogP contribution in [0.1, 0.15) is 56.2 Å². The van der Waals surface area contributed by atoms with Crippen molar-refractivity contribution in [2.45, 2.75) is 57.1 Å². The monoisotopic (exact) mass is 513 g/mol. The molecular formula is C32H35NO5. The summed E-state index contributed by atoms with van der Waals surface area (Å²) in [5.41, 5.74) is 4.14. The highest BCUT2D eigenvalue weighted by Gasteiger charge is 2.59. The lowest BCUT2D eigenvalue weighted by molar-refractivity contribution is -0.156. The average Bonchev–Trinajstić information content (AvgIpc) is 3.65. The first-order valence-corrected chi connectivity index (χ1v) is 13.3. The van der Waals surface area contributed by atoms with Gasteiger partial charge in [0.2, 0.25) is 0 Å². The molecule has 0 spiro atoms. The number of carbonyl (C=O) groups excluding carboxylic acids is 2. The van der Waals surface area contributed by atoms with Crippen molar-refractivity contribution in [2.24, 2.45) is 0 Å². The summed E-state index contributed by atoms with van der Waals surface area (Å²) in [4.78, 5) is 28.0. The molecule has 198 valence electrons. The highest BCUT2D eigenvalue weighted by molar-refractivity contribution is 5.89. The Bertz CT molecular complexity index is 1250. The minimum atomic E-state index is -1.04. The fourth-order valence-corrected chi connectivity index (χ4v) is 5.37. The average molecular weight is 514 g/mol. The van der Waals surface area contributed by atoms with Gasteiger partial charge in [-0.3, -0.25) is 4.90 Å². The molecule has 0 aliphatic heterocycles. The number of amides is 1. The van der Waals surface area contributed by atoms with Gasteiger partial charge >= 0.3 is 12.1 Å². The predicted octanol–water partition coefficient (Wildman–Crippen LogP) is 6.33. The number of fused-ring (bicyclic) bond motifs is 3. The van der Waals surface area contributed by atoms with E-state index < -0.39 is 23.2 Å². The quantitative estimate of drug-likeness (QED) is 0.234. The molecule has 0 unspecified atom stereocenters. The van der Waals surface area contributed by atoms with Crippen molar-refractivity contribution in [1.82, 2.24) is 4.90 Å². The lowest BCUT2D eigenvalue weighted by atomic mass is 9.98. The summed E-state index contributed by atoms with van der Waals surface area (Å²) in [5, 5.41) is 0. The molecule has 0 bridgehead atoms. The summed E-state index contributed by atoms with van der Waals surface area (Å²) in [6.07, 6.45) is 1.16. The van der Waals surface area contributed by atoms with Gasteiger partial charge in [-0.05, 0) is 61.4 Å². The van der Waals surface area contributed by atoms with Crippen LogP contribution in [0.3, 0.4) is 0 Å². The number of benzene rings is 3. The van der Waals surface area contributed by atoms with E-state index in [1.54, 1.807) is 6.92 Å². The van der Waals surface area contributed by atoms with Gasteiger partial charge in [-0.1, -0.05) is 78.9 Å². The van der Waals surface area contributed by atoms with Crippen LogP contribution in [0.4, 0.5) is 4.79 Å². The Labute approximate surface area is 224 Å². The second-order valence-electron chi connectivity index (χ2n) is 10.7. The SMILES string of the molecule is CCOC(=O)C1(N(COC(C)(C)Cc2ccccc2)C(=O)OCC2c3ccccc3-c3ccccc32)CC1. The van der Waals surface area contributed by atoms with Crippen LogP contribution >= 0.6 is 0 Å². The highest BCUT2D eigenvalue weighted by atomic mass is 16.6. The van der Waals surface area contributed by atoms with E-state index in [4.69, 9.17) is 14.2 Å². The van der Waals surface area contributed by atoms with Crippen molar-refractivity contribution in [1.29, 1.82) is 0 Å². The largest absolute Gasteiger partial charge is 0.464 e. The predicted molar refractivity (Wildman–Crippen MR) is 146 cm³/mol. The number of esters is 1. The molecule has 0 radical (unpaired) electrons. The van der Waals surface area contributed by atoms with Gasteiger partial charge in [0, 0.05) is 12.3 Å². The summed E-state index contributed by atoms with van der Waals surface area (Å²) < 4.78 is 17.6. The Kier molecular flexibility index (Phi) is 7.26. The summed E-state index contributed by atoms with van der Waals surface area (Å²) in [7, 11) is 0. The van der Waals surface area contributed by atoms with Gasteiger partial charge in [-0.2, -0.15) is 0 Å². The maximum Gasteiger partial charge on any atom is 0.412 e. The zero-order valence-electron chi connectivity index (χ0n) is 22.3. The molecule has 3 aromatic carbocycles. The van der Waals surface area contributed by atoms with Gasteiger partial charge < -0.3 is 14.2 Å². The summed E-state index contributed by atoms with van der Waals surface area (Å²) in [6, 6.07) is 26.5. The molecule has 6 nitrogen and oxygen atoms in total. The zero-order valence-corrected chi connectivity index (χ0v) is 22.3. The van der Waals surface area contributed by atoms with Crippen molar-refractivity contribution in [3.05, 3.63) is 95.6 Å². The van der Waals surface area contributed by atoms with Crippen molar-refractivity contribution in [3.63, 3.8) is 0 Å². The molecule has 38 heavy (non-hydrogen) atoms. The Morgan fingerprint density at radius 1 is 0.868 bits per heavy atom. The van der Waals surface area contributed by atoms with Gasteiger partial charge in [-0.15, -0.1) is 0 Å². The van der Waals surface area contributed by atoms with E-state index in [-0.39, 0.29) is 25.9 Å². The van der Waals surface area contributed by atoms with Gasteiger partial charge in [0.25, 0.3) is 0 Å². The molecule has 6 heteroatoms. The second-order valence-corrected chi connectivity index (χ2v) is 10.7. The smallest absolute Gasteiger partial charge is 0.412 e. The summed E-state index contributed by atoms with van der Waals surface area (Å²) >= 11 is 0. The number of rotatable bonds is 10. The van der Waals surface area contributed by atoms with Crippen LogP contribution in [0.15, 0.2) is 78.9 Å². The van der Waals surface area contributed by atoms with Crippen molar-refractivity contribution in [3.8, 4) is 11.1 Å². The molecule has 0 aromatic heterocycles. The van der Waals surface area contributed by atoms with E-state index in [1.165, 1.54) is 4.90 Å². The number of nitrogens with zero attached hydrogens (tertiary/aromatic N) is 1. The highest BCUT2D eigenvalue weighted by Crippen LogP contribution is 2.46. The van der Waals surface area contributed by atoms with Crippen LogP contribution in [0, 0.1) is 0 Å². The maximum atomic E-state index is 13.6. The van der Waals surface area contributed by atoms with E-state index in [0.717, 1.165) is 27.8 Å². The van der Waals surface area contributed by atoms with Crippen LogP contribution in [0.5, 0.6) is 0 Å². The minimum absolute atomic E-state index is 0.0602.